The molecule has 0 aromatic heterocycles. The Morgan fingerprint density at radius 3 is 2.54 bits per heavy atom. The number of halogens is 2. The smallest absolute Gasteiger partial charge is 0.193 e. The summed E-state index contributed by atoms with van der Waals surface area (Å²) in [5.74, 6) is -0.266. The zero-order valence-corrected chi connectivity index (χ0v) is 17.6. The Hall–Kier alpha value is -0.900. The van der Waals surface area contributed by atoms with Crippen molar-refractivity contribution in [1.29, 1.82) is 0 Å². The number of benzene rings is 1. The second-order valence-electron chi connectivity index (χ2n) is 5.26. The average molecular weight is 471 g/mol. The van der Waals surface area contributed by atoms with Gasteiger partial charge in [0.2, 0.25) is 0 Å². The largest absolute Gasteiger partial charge is 0.357 e. The molecular formula is C16H27FIN3O2S. The van der Waals surface area contributed by atoms with E-state index in [-0.39, 0.29) is 41.2 Å². The van der Waals surface area contributed by atoms with Crippen LogP contribution in [-0.4, -0.2) is 51.7 Å². The van der Waals surface area contributed by atoms with Crippen LogP contribution >= 0.6 is 24.0 Å². The lowest BCUT2D eigenvalue weighted by Crippen LogP contribution is -2.39. The summed E-state index contributed by atoms with van der Waals surface area (Å²) in [5.41, 5.74) is 0. The van der Waals surface area contributed by atoms with Crippen molar-refractivity contribution in [2.24, 2.45) is 4.99 Å². The molecule has 1 aromatic rings. The van der Waals surface area contributed by atoms with E-state index in [0.717, 1.165) is 25.5 Å². The standard InChI is InChI=1S/C16H26FN3O2S.HI/c1-4-6-12-20(3)16(18-5-2)19-11-13-23(21,22)15-10-8-7-9-14(15)17;/h7-10H,4-6,11-13H2,1-3H3,(H,18,19);1H. The van der Waals surface area contributed by atoms with Crippen LogP contribution in [-0.2, 0) is 9.84 Å². The van der Waals surface area contributed by atoms with Crippen molar-refractivity contribution in [2.75, 3.05) is 32.4 Å². The van der Waals surface area contributed by atoms with Gasteiger partial charge in [-0.2, -0.15) is 0 Å². The summed E-state index contributed by atoms with van der Waals surface area (Å²) in [4.78, 5) is 6.05. The molecular weight excluding hydrogens is 444 g/mol. The van der Waals surface area contributed by atoms with E-state index in [0.29, 0.717) is 12.5 Å². The summed E-state index contributed by atoms with van der Waals surface area (Å²) in [7, 11) is -1.75. The number of rotatable bonds is 8. The summed E-state index contributed by atoms with van der Waals surface area (Å²) >= 11 is 0. The van der Waals surface area contributed by atoms with Crippen LogP contribution in [0.3, 0.4) is 0 Å². The van der Waals surface area contributed by atoms with Crippen molar-refractivity contribution in [3.8, 4) is 0 Å². The van der Waals surface area contributed by atoms with Crippen molar-refractivity contribution >= 4 is 39.8 Å². The maximum Gasteiger partial charge on any atom is 0.193 e. The van der Waals surface area contributed by atoms with Gasteiger partial charge in [-0.3, -0.25) is 4.99 Å². The van der Waals surface area contributed by atoms with Crippen LogP contribution in [0.1, 0.15) is 26.7 Å². The van der Waals surface area contributed by atoms with E-state index in [4.69, 9.17) is 0 Å². The fourth-order valence-corrected chi connectivity index (χ4v) is 3.25. The van der Waals surface area contributed by atoms with Crippen LogP contribution in [0.4, 0.5) is 4.39 Å². The van der Waals surface area contributed by atoms with E-state index in [9.17, 15) is 12.8 Å². The molecule has 1 rings (SSSR count). The molecule has 0 spiro atoms. The topological polar surface area (TPSA) is 61.8 Å². The Balaban J connectivity index is 0.00000529. The number of aliphatic imine (C=N–C) groups is 1. The lowest BCUT2D eigenvalue weighted by Gasteiger charge is -2.21. The van der Waals surface area contributed by atoms with Crippen molar-refractivity contribution in [2.45, 2.75) is 31.6 Å². The third-order valence-corrected chi connectivity index (χ3v) is 5.06. The SMILES string of the molecule is CCCCN(C)C(=NCCS(=O)(=O)c1ccccc1F)NCC.I. The summed E-state index contributed by atoms with van der Waals surface area (Å²) in [6, 6.07) is 5.42. The maximum absolute atomic E-state index is 13.6. The normalized spacial score (nSPS) is 11.8. The molecule has 0 bridgehead atoms. The molecule has 0 heterocycles. The van der Waals surface area contributed by atoms with Crippen molar-refractivity contribution in [1.82, 2.24) is 10.2 Å². The van der Waals surface area contributed by atoms with Gasteiger partial charge in [0, 0.05) is 20.1 Å². The van der Waals surface area contributed by atoms with E-state index in [1.807, 2.05) is 18.9 Å². The van der Waals surface area contributed by atoms with Crippen LogP contribution in [0.2, 0.25) is 0 Å². The predicted octanol–water partition coefficient (Wildman–Crippen LogP) is 2.91. The predicted molar refractivity (Wildman–Crippen MR) is 107 cm³/mol. The number of nitrogens with one attached hydrogen (secondary N) is 1. The Bertz CT molecular complexity index is 624. The average Bonchev–Trinajstić information content (AvgIpc) is 2.52. The number of hydrogen-bond donors (Lipinski definition) is 1. The molecule has 24 heavy (non-hydrogen) atoms. The first-order chi connectivity index (χ1) is 10.9. The van der Waals surface area contributed by atoms with Gasteiger partial charge in [-0.25, -0.2) is 12.8 Å². The minimum atomic E-state index is -3.67. The summed E-state index contributed by atoms with van der Waals surface area (Å²) in [6.45, 7) is 5.71. The first kappa shape index (κ1) is 23.1. The van der Waals surface area contributed by atoms with Gasteiger partial charge in [0.25, 0.3) is 0 Å². The highest BCUT2D eigenvalue weighted by atomic mass is 127. The molecule has 0 atom stereocenters. The molecule has 0 aliphatic rings. The summed E-state index contributed by atoms with van der Waals surface area (Å²) in [6.07, 6.45) is 2.11. The van der Waals surface area contributed by atoms with Crippen molar-refractivity contribution < 1.29 is 12.8 Å². The van der Waals surface area contributed by atoms with Crippen LogP contribution in [0.15, 0.2) is 34.2 Å². The van der Waals surface area contributed by atoms with Gasteiger partial charge in [-0.05, 0) is 25.5 Å². The van der Waals surface area contributed by atoms with Gasteiger partial charge < -0.3 is 10.2 Å². The fraction of sp³-hybridized carbons (Fsp3) is 0.562. The van der Waals surface area contributed by atoms with Crippen LogP contribution in [0.5, 0.6) is 0 Å². The van der Waals surface area contributed by atoms with Crippen LogP contribution in [0, 0.1) is 5.82 Å². The van der Waals surface area contributed by atoms with E-state index in [1.54, 1.807) is 0 Å². The van der Waals surface area contributed by atoms with Crippen LogP contribution < -0.4 is 5.32 Å². The fourth-order valence-electron chi connectivity index (χ4n) is 2.05. The van der Waals surface area contributed by atoms with E-state index >= 15 is 0 Å². The van der Waals surface area contributed by atoms with Gasteiger partial charge in [-0.1, -0.05) is 25.5 Å². The number of unbranched alkanes of at least 4 members (excludes halogenated alkanes) is 1. The molecule has 1 aromatic carbocycles. The Labute approximate surface area is 161 Å². The first-order valence-corrected chi connectivity index (χ1v) is 9.54. The van der Waals surface area contributed by atoms with Gasteiger partial charge >= 0.3 is 0 Å². The lowest BCUT2D eigenvalue weighted by molar-refractivity contribution is 0.465. The second-order valence-corrected chi connectivity index (χ2v) is 7.34. The minimum absolute atomic E-state index is 0. The third kappa shape index (κ3) is 7.33. The Kier molecular flexibility index (Phi) is 11.2. The molecule has 0 saturated heterocycles. The highest BCUT2D eigenvalue weighted by Crippen LogP contribution is 2.15. The molecule has 138 valence electrons. The van der Waals surface area contributed by atoms with Gasteiger partial charge in [-0.15, -0.1) is 24.0 Å². The molecule has 5 nitrogen and oxygen atoms in total. The number of sulfone groups is 1. The van der Waals surface area contributed by atoms with Crippen LogP contribution in [0.25, 0.3) is 0 Å². The zero-order valence-electron chi connectivity index (χ0n) is 14.5. The number of hydrogen-bond acceptors (Lipinski definition) is 3. The Morgan fingerprint density at radius 1 is 1.29 bits per heavy atom. The number of nitrogens with zero attached hydrogens (tertiary/aromatic N) is 2. The van der Waals surface area contributed by atoms with Crippen molar-refractivity contribution in [3.63, 3.8) is 0 Å². The number of guanidine groups is 1. The molecule has 0 amide bonds. The molecule has 0 saturated carbocycles. The van der Waals surface area contributed by atoms with Gasteiger partial charge in [0.1, 0.15) is 10.7 Å². The first-order valence-electron chi connectivity index (χ1n) is 7.89. The lowest BCUT2D eigenvalue weighted by atomic mass is 10.3. The zero-order chi connectivity index (χ0) is 17.3. The third-order valence-electron chi connectivity index (χ3n) is 3.34. The van der Waals surface area contributed by atoms with E-state index < -0.39 is 15.7 Å². The van der Waals surface area contributed by atoms with Crippen molar-refractivity contribution in [3.05, 3.63) is 30.1 Å². The molecule has 0 aliphatic carbocycles. The molecule has 0 radical (unpaired) electrons. The minimum Gasteiger partial charge on any atom is -0.357 e. The van der Waals surface area contributed by atoms with Gasteiger partial charge in [0.05, 0.1) is 12.3 Å². The summed E-state index contributed by atoms with van der Waals surface area (Å²) in [5, 5.41) is 3.14. The molecule has 0 unspecified atom stereocenters. The molecule has 8 heteroatoms. The van der Waals surface area contributed by atoms with E-state index in [2.05, 4.69) is 17.2 Å². The monoisotopic (exact) mass is 471 g/mol. The second kappa shape index (κ2) is 11.6. The highest BCUT2D eigenvalue weighted by Gasteiger charge is 2.18. The maximum atomic E-state index is 13.6. The van der Waals surface area contributed by atoms with Gasteiger partial charge in [0.15, 0.2) is 15.8 Å². The molecule has 0 fully saturated rings. The van der Waals surface area contributed by atoms with E-state index in [1.165, 1.54) is 18.2 Å². The molecule has 0 aliphatic heterocycles. The summed E-state index contributed by atoms with van der Waals surface area (Å²) < 4.78 is 38.0. The Morgan fingerprint density at radius 2 is 1.96 bits per heavy atom. The quantitative estimate of drug-likeness (QED) is 0.360. The molecule has 1 N–H and O–H groups in total. The highest BCUT2D eigenvalue weighted by molar-refractivity contribution is 14.0.